The lowest BCUT2D eigenvalue weighted by atomic mass is 10.1. The van der Waals surface area contributed by atoms with Gasteiger partial charge in [-0.1, -0.05) is 77.9 Å². The van der Waals surface area contributed by atoms with Crippen molar-refractivity contribution < 1.29 is 14.3 Å². The number of carbonyl (C=O) groups is 1. The third kappa shape index (κ3) is 6.94. The molecule has 1 aliphatic heterocycles. The molecule has 2 amide bonds. The van der Waals surface area contributed by atoms with Crippen molar-refractivity contribution in [3.8, 4) is 11.4 Å². The first-order valence-corrected chi connectivity index (χ1v) is 15.1. The number of nitrogens with one attached hydrogen (secondary N) is 2. The van der Waals surface area contributed by atoms with E-state index in [2.05, 4.69) is 52.0 Å². The maximum atomic E-state index is 13.3. The second-order valence-corrected chi connectivity index (χ2v) is 11.5. The van der Waals surface area contributed by atoms with Crippen LogP contribution in [0.2, 0.25) is 0 Å². The number of hydrogen-bond acceptors (Lipinski definition) is 5. The molecule has 1 saturated heterocycles. The van der Waals surface area contributed by atoms with Crippen molar-refractivity contribution >= 4 is 50.9 Å². The number of ether oxygens (including phenoxy) is 2. The van der Waals surface area contributed by atoms with Gasteiger partial charge in [-0.25, -0.2) is 9.48 Å². The monoisotopic (exact) mass is 653 g/mol. The number of nitrogens with zero attached hydrogens (tertiary/aromatic N) is 3. The van der Waals surface area contributed by atoms with Gasteiger partial charge in [0.05, 0.1) is 34.2 Å². The van der Waals surface area contributed by atoms with E-state index < -0.39 is 0 Å². The van der Waals surface area contributed by atoms with Crippen molar-refractivity contribution in [2.45, 2.75) is 30.6 Å². The minimum Gasteiger partial charge on any atom is -0.492 e. The predicted octanol–water partition coefficient (Wildman–Crippen LogP) is 6.97. The molecule has 9 heteroatoms. The van der Waals surface area contributed by atoms with E-state index >= 15 is 0 Å². The summed E-state index contributed by atoms with van der Waals surface area (Å²) in [5.74, 6) is 1.43. The Labute approximate surface area is 249 Å². The highest BCUT2D eigenvalue weighted by molar-refractivity contribution is 14.1. The summed E-state index contributed by atoms with van der Waals surface area (Å²) in [7, 11) is 0. The largest absolute Gasteiger partial charge is 0.492 e. The number of hydrogen-bond donors (Lipinski definition) is 2. The van der Waals surface area contributed by atoms with Gasteiger partial charge in [-0.05, 0) is 37.6 Å². The molecule has 1 atom stereocenters. The lowest BCUT2D eigenvalue weighted by Crippen LogP contribution is -2.38. The molecule has 2 N–H and O–H groups in total. The van der Waals surface area contributed by atoms with Gasteiger partial charge in [-0.15, -0.1) is 0 Å². The summed E-state index contributed by atoms with van der Waals surface area (Å²) in [6.45, 7) is 9.09. The Hall–Kier alpha value is -3.15. The van der Waals surface area contributed by atoms with E-state index in [0.717, 1.165) is 73.6 Å². The van der Waals surface area contributed by atoms with Crippen molar-refractivity contribution in [3.63, 3.8) is 0 Å². The van der Waals surface area contributed by atoms with E-state index in [1.54, 1.807) is 4.68 Å². The van der Waals surface area contributed by atoms with Crippen molar-refractivity contribution in [2.24, 2.45) is 0 Å². The summed E-state index contributed by atoms with van der Waals surface area (Å²) in [4.78, 5) is 15.6. The molecule has 1 aliphatic rings. The fraction of sp³-hybridized carbons (Fsp3) is 0.355. The average Bonchev–Trinajstić information content (AvgIpc) is 3.39. The fourth-order valence-electron chi connectivity index (χ4n) is 4.81. The van der Waals surface area contributed by atoms with E-state index in [1.165, 1.54) is 5.56 Å². The number of aromatic nitrogens is 2. The van der Waals surface area contributed by atoms with E-state index in [4.69, 9.17) is 14.6 Å². The number of anilines is 2. The molecule has 1 aromatic heterocycles. The van der Waals surface area contributed by atoms with Crippen LogP contribution in [0, 0.1) is 6.92 Å². The maximum Gasteiger partial charge on any atom is 0.324 e. The summed E-state index contributed by atoms with van der Waals surface area (Å²) in [6, 6.07) is 21.6. The number of carbonyl (C=O) groups excluding carboxylic acids is 1. The summed E-state index contributed by atoms with van der Waals surface area (Å²) in [5, 5.41) is 12.8. The number of halogens is 1. The molecule has 1 unspecified atom stereocenters. The SMILES string of the molecule is CCCC(I)c1cc(NC(=O)Nc2ccc(OCCN3CCOCC3)c3ccccc23)n(-c2ccc(C)cc2)n1. The number of morpholine rings is 1. The van der Waals surface area contributed by atoms with Crippen LogP contribution in [0.5, 0.6) is 5.75 Å². The number of rotatable bonds is 10. The number of aryl methyl sites for hydroxylation is 1. The van der Waals surface area contributed by atoms with Crippen LogP contribution in [0.4, 0.5) is 16.3 Å². The van der Waals surface area contributed by atoms with Crippen LogP contribution in [0.3, 0.4) is 0 Å². The zero-order valence-electron chi connectivity index (χ0n) is 23.0. The molecule has 5 rings (SSSR count). The van der Waals surface area contributed by atoms with Gasteiger partial charge >= 0.3 is 6.03 Å². The Morgan fingerprint density at radius 3 is 2.55 bits per heavy atom. The van der Waals surface area contributed by atoms with Crippen molar-refractivity contribution in [1.29, 1.82) is 0 Å². The van der Waals surface area contributed by atoms with E-state index in [9.17, 15) is 4.79 Å². The highest BCUT2D eigenvalue weighted by atomic mass is 127. The predicted molar refractivity (Wildman–Crippen MR) is 169 cm³/mol. The number of benzene rings is 3. The third-order valence-corrected chi connectivity index (χ3v) is 8.27. The Bertz CT molecular complexity index is 1430. The van der Waals surface area contributed by atoms with Crippen LogP contribution >= 0.6 is 22.6 Å². The highest BCUT2D eigenvalue weighted by Crippen LogP contribution is 2.33. The molecule has 210 valence electrons. The van der Waals surface area contributed by atoms with Gasteiger partial charge < -0.3 is 14.8 Å². The molecule has 0 radical (unpaired) electrons. The molecule has 0 spiro atoms. The first-order chi connectivity index (χ1) is 19.5. The van der Waals surface area contributed by atoms with Gasteiger partial charge in [-0.3, -0.25) is 10.2 Å². The van der Waals surface area contributed by atoms with Gasteiger partial charge in [0.1, 0.15) is 18.2 Å². The maximum absolute atomic E-state index is 13.3. The smallest absolute Gasteiger partial charge is 0.324 e. The Kier molecular flexibility index (Phi) is 9.56. The molecule has 0 bridgehead atoms. The molecule has 4 aromatic rings. The Morgan fingerprint density at radius 1 is 1.05 bits per heavy atom. The first kappa shape index (κ1) is 28.4. The second kappa shape index (κ2) is 13.5. The van der Waals surface area contributed by atoms with Crippen LogP contribution in [0.25, 0.3) is 16.5 Å². The molecular formula is C31H36IN5O3. The zero-order valence-corrected chi connectivity index (χ0v) is 25.2. The summed E-state index contributed by atoms with van der Waals surface area (Å²) >= 11 is 2.42. The van der Waals surface area contributed by atoms with Crippen LogP contribution in [-0.2, 0) is 4.74 Å². The molecule has 1 fully saturated rings. The summed E-state index contributed by atoms with van der Waals surface area (Å²) in [5.41, 5.74) is 3.73. The van der Waals surface area contributed by atoms with Crippen LogP contribution in [0.1, 0.15) is 34.9 Å². The summed E-state index contributed by atoms with van der Waals surface area (Å²) in [6.07, 6.45) is 2.08. The minimum atomic E-state index is -0.327. The number of alkyl halides is 1. The molecule has 3 aromatic carbocycles. The Morgan fingerprint density at radius 2 is 1.80 bits per heavy atom. The lowest BCUT2D eigenvalue weighted by molar-refractivity contribution is 0.0323. The van der Waals surface area contributed by atoms with Crippen LogP contribution in [0.15, 0.2) is 66.7 Å². The number of amides is 2. The van der Waals surface area contributed by atoms with E-state index in [0.29, 0.717) is 18.1 Å². The third-order valence-electron chi connectivity index (χ3n) is 7.01. The molecular weight excluding hydrogens is 617 g/mol. The highest BCUT2D eigenvalue weighted by Gasteiger charge is 2.18. The topological polar surface area (TPSA) is 80.6 Å². The molecule has 2 heterocycles. The quantitative estimate of drug-likeness (QED) is 0.143. The summed E-state index contributed by atoms with van der Waals surface area (Å²) < 4.78 is 13.7. The average molecular weight is 654 g/mol. The normalized spacial score (nSPS) is 14.7. The first-order valence-electron chi connectivity index (χ1n) is 13.9. The molecule has 8 nitrogen and oxygen atoms in total. The van der Waals surface area contributed by atoms with Gasteiger partial charge in [0.2, 0.25) is 0 Å². The standard InChI is InChI=1S/C31H36IN5O3/c1-3-6-26(32)28-21-30(37(35-28)23-11-9-22(2)10-12-23)34-31(38)33-27-13-14-29(25-8-5-4-7-24(25)27)40-20-17-36-15-18-39-19-16-36/h4-5,7-14,21,26H,3,6,15-20H2,1-2H3,(H2,33,34,38). The van der Waals surface area contributed by atoms with Gasteiger partial charge in [0, 0.05) is 36.5 Å². The second-order valence-electron chi connectivity index (χ2n) is 10.00. The van der Waals surface area contributed by atoms with Gasteiger partial charge in [0.15, 0.2) is 0 Å². The van der Waals surface area contributed by atoms with Crippen molar-refractivity contribution in [2.75, 3.05) is 50.1 Å². The zero-order chi connectivity index (χ0) is 27.9. The Balaban J connectivity index is 1.32. The lowest BCUT2D eigenvalue weighted by Gasteiger charge is -2.26. The van der Waals surface area contributed by atoms with E-state index in [1.807, 2.05) is 66.7 Å². The molecule has 40 heavy (non-hydrogen) atoms. The fourth-order valence-corrected chi connectivity index (χ4v) is 5.74. The van der Waals surface area contributed by atoms with Crippen LogP contribution in [-0.4, -0.2) is 60.2 Å². The number of fused-ring (bicyclic) bond motifs is 1. The van der Waals surface area contributed by atoms with Crippen molar-refractivity contribution in [1.82, 2.24) is 14.7 Å². The van der Waals surface area contributed by atoms with Gasteiger partial charge in [-0.2, -0.15) is 5.10 Å². The molecule has 0 saturated carbocycles. The van der Waals surface area contributed by atoms with E-state index in [-0.39, 0.29) is 9.96 Å². The number of urea groups is 1. The molecule has 0 aliphatic carbocycles. The van der Waals surface area contributed by atoms with Gasteiger partial charge in [0.25, 0.3) is 0 Å². The van der Waals surface area contributed by atoms with Crippen LogP contribution < -0.4 is 15.4 Å². The minimum absolute atomic E-state index is 0.262. The van der Waals surface area contributed by atoms with Crippen molar-refractivity contribution in [3.05, 3.63) is 78.0 Å².